The van der Waals surface area contributed by atoms with Crippen LogP contribution in [0.5, 0.6) is 5.75 Å². The monoisotopic (exact) mass is 479 g/mol. The molecule has 0 radical (unpaired) electrons. The van der Waals surface area contributed by atoms with Gasteiger partial charge in [0.05, 0.1) is 18.5 Å². The lowest BCUT2D eigenvalue weighted by Crippen LogP contribution is -2.46. The van der Waals surface area contributed by atoms with Gasteiger partial charge < -0.3 is 15.0 Å². The fourth-order valence-corrected chi connectivity index (χ4v) is 4.27. The Morgan fingerprint density at radius 1 is 1.06 bits per heavy atom. The summed E-state index contributed by atoms with van der Waals surface area (Å²) in [5.74, 6) is 1.73. The van der Waals surface area contributed by atoms with Crippen molar-refractivity contribution in [1.82, 2.24) is 24.5 Å². The van der Waals surface area contributed by atoms with E-state index in [1.165, 1.54) is 4.52 Å². The highest BCUT2D eigenvalue weighted by molar-refractivity contribution is 6.30. The maximum absolute atomic E-state index is 12.6. The second-order valence-corrected chi connectivity index (χ2v) is 8.64. The van der Waals surface area contributed by atoms with Crippen LogP contribution >= 0.6 is 11.6 Å². The Kier molecular flexibility index (Phi) is 6.37. The number of para-hydroxylation sites is 2. The van der Waals surface area contributed by atoms with Crippen LogP contribution in [0.3, 0.4) is 0 Å². The second kappa shape index (κ2) is 9.74. The average Bonchev–Trinajstić information content (AvgIpc) is 3.28. The zero-order valence-corrected chi connectivity index (χ0v) is 19.6. The predicted molar refractivity (Wildman–Crippen MR) is 133 cm³/mol. The minimum Gasteiger partial charge on any atom is -0.495 e. The van der Waals surface area contributed by atoms with E-state index in [9.17, 15) is 4.79 Å². The Morgan fingerprint density at radius 3 is 2.59 bits per heavy atom. The molecule has 2 aromatic carbocycles. The van der Waals surface area contributed by atoms with Crippen molar-refractivity contribution in [1.29, 1.82) is 0 Å². The number of methoxy groups -OCH3 is 1. The van der Waals surface area contributed by atoms with Gasteiger partial charge in [-0.05, 0) is 29.8 Å². The smallest absolute Gasteiger partial charge is 0.274 e. The molecule has 1 saturated heterocycles. The minimum atomic E-state index is -0.181. The summed E-state index contributed by atoms with van der Waals surface area (Å²) in [4.78, 5) is 26.3. The number of halogens is 1. The van der Waals surface area contributed by atoms with Gasteiger partial charge in [0.2, 0.25) is 5.95 Å². The summed E-state index contributed by atoms with van der Waals surface area (Å²) >= 11 is 5.94. The molecule has 5 rings (SSSR count). The van der Waals surface area contributed by atoms with Crippen LogP contribution < -0.4 is 20.5 Å². The van der Waals surface area contributed by atoms with Gasteiger partial charge in [0.25, 0.3) is 11.3 Å². The maximum Gasteiger partial charge on any atom is 0.274 e. The molecule has 3 heterocycles. The number of nitrogens with zero attached hydrogens (tertiary/aromatic N) is 5. The second-order valence-electron chi connectivity index (χ2n) is 8.21. The van der Waals surface area contributed by atoms with Crippen LogP contribution in [0.1, 0.15) is 11.3 Å². The number of aromatic amines is 1. The van der Waals surface area contributed by atoms with Gasteiger partial charge in [0.1, 0.15) is 5.75 Å². The first-order valence-corrected chi connectivity index (χ1v) is 11.5. The summed E-state index contributed by atoms with van der Waals surface area (Å²) in [5, 5.41) is 6.86. The Bertz CT molecular complexity index is 1330. The van der Waals surface area contributed by atoms with Gasteiger partial charge in [-0.3, -0.25) is 14.8 Å². The van der Waals surface area contributed by atoms with Crippen molar-refractivity contribution in [3.8, 4) is 5.75 Å². The third-order valence-corrected chi connectivity index (χ3v) is 6.19. The predicted octanol–water partition coefficient (Wildman–Crippen LogP) is 3.01. The third kappa shape index (κ3) is 4.85. The zero-order valence-electron chi connectivity index (χ0n) is 18.9. The molecule has 10 heteroatoms. The van der Waals surface area contributed by atoms with Crippen molar-refractivity contribution in [2.24, 2.45) is 0 Å². The Labute approximate surface area is 201 Å². The molecule has 0 unspecified atom stereocenters. The van der Waals surface area contributed by atoms with Crippen molar-refractivity contribution in [3.05, 3.63) is 81.2 Å². The van der Waals surface area contributed by atoms with Crippen LogP contribution in [-0.2, 0) is 13.1 Å². The number of ether oxygens (including phenoxy) is 1. The van der Waals surface area contributed by atoms with E-state index in [1.807, 2.05) is 42.5 Å². The number of aromatic nitrogens is 4. The number of rotatable bonds is 7. The SMILES string of the molecule is COc1ccccc1N1CCN(Cc2cc(=O)n3[nH]c(NCc4ccc(Cl)cc4)nc3n2)CC1. The van der Waals surface area contributed by atoms with Crippen LogP contribution in [0.2, 0.25) is 5.02 Å². The fourth-order valence-electron chi connectivity index (χ4n) is 4.14. The summed E-state index contributed by atoms with van der Waals surface area (Å²) in [6.07, 6.45) is 0. The summed E-state index contributed by atoms with van der Waals surface area (Å²) in [5.41, 5.74) is 2.70. The van der Waals surface area contributed by atoms with Crippen LogP contribution in [0.15, 0.2) is 59.4 Å². The maximum atomic E-state index is 12.6. The highest BCUT2D eigenvalue weighted by Crippen LogP contribution is 2.28. The summed E-state index contributed by atoms with van der Waals surface area (Å²) in [7, 11) is 1.70. The van der Waals surface area contributed by atoms with Gasteiger partial charge in [0.15, 0.2) is 0 Å². The number of nitrogens with one attached hydrogen (secondary N) is 2. The lowest BCUT2D eigenvalue weighted by Gasteiger charge is -2.36. The number of fused-ring (bicyclic) bond motifs is 1. The summed E-state index contributed by atoms with van der Waals surface area (Å²) < 4.78 is 6.86. The molecule has 9 nitrogen and oxygen atoms in total. The fraction of sp³-hybridized carbons (Fsp3) is 0.292. The van der Waals surface area contributed by atoms with E-state index in [0.717, 1.165) is 43.2 Å². The molecule has 2 N–H and O–H groups in total. The standard InChI is InChI=1S/C24H26ClN7O2/c1-34-21-5-3-2-4-20(21)31-12-10-30(11-13-31)16-19-14-22(33)32-24(27-19)28-23(29-32)26-15-17-6-8-18(25)9-7-17/h2-9,14H,10-13,15-16H2,1H3,(H2,26,27,28,29). The lowest BCUT2D eigenvalue weighted by atomic mass is 10.2. The topological polar surface area (TPSA) is 90.8 Å². The van der Waals surface area contributed by atoms with Crippen LogP contribution in [0.4, 0.5) is 11.6 Å². The van der Waals surface area contributed by atoms with E-state index in [1.54, 1.807) is 13.2 Å². The van der Waals surface area contributed by atoms with E-state index in [2.05, 4.69) is 36.2 Å². The normalized spacial score (nSPS) is 14.5. The first-order valence-electron chi connectivity index (χ1n) is 11.2. The van der Waals surface area contributed by atoms with E-state index < -0.39 is 0 Å². The van der Waals surface area contributed by atoms with Gasteiger partial charge in [0, 0.05) is 50.4 Å². The molecule has 4 aromatic rings. The lowest BCUT2D eigenvalue weighted by molar-refractivity contribution is 0.246. The van der Waals surface area contributed by atoms with Crippen molar-refractivity contribution >= 4 is 29.0 Å². The van der Waals surface area contributed by atoms with E-state index in [0.29, 0.717) is 35.5 Å². The molecule has 0 amide bonds. The van der Waals surface area contributed by atoms with Crippen LogP contribution in [0.25, 0.3) is 5.78 Å². The molecular weight excluding hydrogens is 454 g/mol. The molecule has 0 saturated carbocycles. The molecule has 1 aliphatic heterocycles. The number of piperazine rings is 1. The number of H-pyrrole nitrogens is 1. The third-order valence-electron chi connectivity index (χ3n) is 5.94. The molecule has 0 aliphatic carbocycles. The molecular formula is C24H26ClN7O2. The van der Waals surface area contributed by atoms with Crippen molar-refractivity contribution in [2.45, 2.75) is 13.1 Å². The minimum absolute atomic E-state index is 0.181. The largest absolute Gasteiger partial charge is 0.495 e. The quantitative estimate of drug-likeness (QED) is 0.421. The number of benzene rings is 2. The molecule has 176 valence electrons. The molecule has 1 fully saturated rings. The van der Waals surface area contributed by atoms with Crippen LogP contribution in [0, 0.1) is 0 Å². The summed E-state index contributed by atoms with van der Waals surface area (Å²) in [6, 6.07) is 17.2. The Balaban J connectivity index is 1.23. The molecule has 0 spiro atoms. The molecule has 1 aliphatic rings. The van der Waals surface area contributed by atoms with Gasteiger partial charge in [-0.1, -0.05) is 35.9 Å². The molecule has 2 aromatic heterocycles. The molecule has 0 atom stereocenters. The van der Waals surface area contributed by atoms with Gasteiger partial charge in [-0.2, -0.15) is 9.50 Å². The van der Waals surface area contributed by atoms with E-state index in [4.69, 9.17) is 16.3 Å². The number of hydrogen-bond acceptors (Lipinski definition) is 7. The van der Waals surface area contributed by atoms with Crippen molar-refractivity contribution < 1.29 is 4.74 Å². The van der Waals surface area contributed by atoms with Gasteiger partial charge in [-0.15, -0.1) is 0 Å². The Morgan fingerprint density at radius 2 is 1.82 bits per heavy atom. The number of hydrogen-bond donors (Lipinski definition) is 2. The first-order chi connectivity index (χ1) is 16.6. The van der Waals surface area contributed by atoms with Crippen molar-refractivity contribution in [2.75, 3.05) is 43.5 Å². The zero-order chi connectivity index (χ0) is 23.5. The van der Waals surface area contributed by atoms with E-state index >= 15 is 0 Å². The Hall–Kier alpha value is -3.56. The highest BCUT2D eigenvalue weighted by atomic mass is 35.5. The van der Waals surface area contributed by atoms with Crippen molar-refractivity contribution in [3.63, 3.8) is 0 Å². The van der Waals surface area contributed by atoms with E-state index in [-0.39, 0.29) is 5.56 Å². The molecule has 34 heavy (non-hydrogen) atoms. The molecule has 0 bridgehead atoms. The summed E-state index contributed by atoms with van der Waals surface area (Å²) in [6.45, 7) is 4.65. The first kappa shape index (κ1) is 22.2. The van der Waals surface area contributed by atoms with Gasteiger partial charge in [-0.25, -0.2) is 4.98 Å². The van der Waals surface area contributed by atoms with Gasteiger partial charge >= 0.3 is 0 Å². The van der Waals surface area contributed by atoms with Crippen LogP contribution in [-0.4, -0.2) is 57.8 Å². The number of anilines is 2. The highest BCUT2D eigenvalue weighted by Gasteiger charge is 2.20. The average molecular weight is 480 g/mol.